The number of hydrogen-bond donors (Lipinski definition) is 0. The van der Waals surface area contributed by atoms with Crippen LogP contribution in [0.5, 0.6) is 0 Å². The minimum atomic E-state index is -3.46. The summed E-state index contributed by atoms with van der Waals surface area (Å²) in [6.07, 6.45) is 2.39. The molecule has 2 saturated heterocycles. The molecule has 7 nitrogen and oxygen atoms in total. The molecule has 0 aliphatic carbocycles. The molecule has 2 aliphatic rings. The minimum absolute atomic E-state index is 0.0793. The van der Waals surface area contributed by atoms with E-state index in [1.54, 1.807) is 23.1 Å². The smallest absolute Gasteiger partial charge is 0.256 e. The van der Waals surface area contributed by atoms with Gasteiger partial charge >= 0.3 is 0 Å². The van der Waals surface area contributed by atoms with Crippen LogP contribution in [0, 0.1) is 13.8 Å². The highest BCUT2D eigenvalue weighted by atomic mass is 35.5. The number of sulfonamides is 1. The van der Waals surface area contributed by atoms with Crippen molar-refractivity contribution in [3.8, 4) is 0 Å². The molecule has 1 amide bonds. The Hall–Kier alpha value is -2.32. The predicted octanol–water partition coefficient (Wildman–Crippen LogP) is 3.24. The van der Waals surface area contributed by atoms with Crippen LogP contribution >= 0.6 is 11.6 Å². The molecule has 9 heteroatoms. The molecule has 0 N–H and O–H groups in total. The van der Waals surface area contributed by atoms with Gasteiger partial charge in [0.15, 0.2) is 0 Å². The zero-order valence-electron chi connectivity index (χ0n) is 18.0. The fourth-order valence-electron chi connectivity index (χ4n) is 4.40. The molecule has 1 unspecified atom stereocenters. The summed E-state index contributed by atoms with van der Waals surface area (Å²) in [6, 6.07) is 6.77. The first-order valence-electron chi connectivity index (χ1n) is 10.5. The van der Waals surface area contributed by atoms with E-state index in [9.17, 15) is 13.2 Å². The summed E-state index contributed by atoms with van der Waals surface area (Å²) in [4.78, 5) is 21.9. The van der Waals surface area contributed by atoms with Crippen LogP contribution in [0.3, 0.4) is 0 Å². The van der Waals surface area contributed by atoms with Gasteiger partial charge in [0.05, 0.1) is 17.0 Å². The summed E-state index contributed by atoms with van der Waals surface area (Å²) >= 11 is 6.18. The van der Waals surface area contributed by atoms with E-state index in [1.807, 2.05) is 27.0 Å². The van der Waals surface area contributed by atoms with E-state index >= 15 is 0 Å². The maximum absolute atomic E-state index is 13.4. The Morgan fingerprint density at radius 1 is 1.13 bits per heavy atom. The molecular weight excluding hydrogens is 436 g/mol. The summed E-state index contributed by atoms with van der Waals surface area (Å²) in [6.45, 7) is 8.34. The van der Waals surface area contributed by atoms with Crippen LogP contribution in [-0.4, -0.2) is 62.2 Å². The van der Waals surface area contributed by atoms with Crippen molar-refractivity contribution in [1.29, 1.82) is 0 Å². The third-order valence-electron chi connectivity index (χ3n) is 5.97. The van der Waals surface area contributed by atoms with Gasteiger partial charge in [-0.05, 0) is 56.5 Å². The molecule has 0 saturated carbocycles. The minimum Gasteiger partial charge on any atom is -0.353 e. The predicted molar refractivity (Wildman–Crippen MR) is 124 cm³/mol. The third kappa shape index (κ3) is 4.23. The van der Waals surface area contributed by atoms with Gasteiger partial charge in [-0.15, -0.1) is 0 Å². The summed E-state index contributed by atoms with van der Waals surface area (Å²) in [7, 11) is -3.46. The topological polar surface area (TPSA) is 73.8 Å². The van der Waals surface area contributed by atoms with E-state index in [2.05, 4.69) is 16.0 Å². The van der Waals surface area contributed by atoms with Gasteiger partial charge in [0.25, 0.3) is 5.91 Å². The van der Waals surface area contributed by atoms with Crippen LogP contribution in [-0.2, 0) is 10.0 Å². The second-order valence-corrected chi connectivity index (χ2v) is 10.7. The average Bonchev–Trinajstić information content (AvgIpc) is 3.00. The molecule has 31 heavy (non-hydrogen) atoms. The second kappa shape index (κ2) is 8.31. The van der Waals surface area contributed by atoms with E-state index in [0.29, 0.717) is 48.9 Å². The Morgan fingerprint density at radius 3 is 2.45 bits per heavy atom. The van der Waals surface area contributed by atoms with Crippen molar-refractivity contribution in [2.24, 2.45) is 0 Å². The molecular formula is C22H27ClN4O3S. The third-order valence-corrected chi connectivity index (χ3v) is 8.12. The summed E-state index contributed by atoms with van der Waals surface area (Å²) in [5.74, 6) is 0.853. The zero-order valence-corrected chi connectivity index (χ0v) is 19.6. The number of carbonyl (C=O) groups is 1. The van der Waals surface area contributed by atoms with Crippen molar-refractivity contribution in [1.82, 2.24) is 9.88 Å². The molecule has 1 atom stereocenters. The SMILES string of the molecule is Cc1cnc(N2CCN(C(=O)c3ccc(Cl)cc3N3C(C)CCS3(=O)=O)CC2)c(C)c1. The molecule has 0 radical (unpaired) electrons. The molecule has 2 aromatic rings. The number of piperazine rings is 1. The van der Waals surface area contributed by atoms with Gasteiger partial charge in [0.2, 0.25) is 10.0 Å². The standard InChI is InChI=1S/C22H27ClN4O3S/c1-15-12-16(2)21(24-14-15)25-7-9-26(10-8-25)22(28)19-5-4-18(23)13-20(19)27-17(3)6-11-31(27,29)30/h4-5,12-14,17H,6-11H2,1-3H3. The first-order chi connectivity index (χ1) is 14.7. The summed E-state index contributed by atoms with van der Waals surface area (Å²) in [5, 5.41) is 0.409. The van der Waals surface area contributed by atoms with Crippen LogP contribution in [0.2, 0.25) is 5.02 Å². The van der Waals surface area contributed by atoms with Crippen molar-refractivity contribution in [2.75, 3.05) is 41.1 Å². The number of hydrogen-bond acceptors (Lipinski definition) is 5. The number of aryl methyl sites for hydroxylation is 2. The highest BCUT2D eigenvalue weighted by Gasteiger charge is 2.37. The molecule has 3 heterocycles. The van der Waals surface area contributed by atoms with E-state index < -0.39 is 10.0 Å². The van der Waals surface area contributed by atoms with E-state index in [-0.39, 0.29) is 17.7 Å². The first-order valence-corrected chi connectivity index (χ1v) is 12.5. The Balaban J connectivity index is 1.56. The number of halogens is 1. The lowest BCUT2D eigenvalue weighted by Crippen LogP contribution is -2.49. The highest BCUT2D eigenvalue weighted by molar-refractivity contribution is 7.93. The number of aromatic nitrogens is 1. The van der Waals surface area contributed by atoms with E-state index in [4.69, 9.17) is 11.6 Å². The van der Waals surface area contributed by atoms with E-state index in [0.717, 1.165) is 16.9 Å². The van der Waals surface area contributed by atoms with Crippen LogP contribution in [0.25, 0.3) is 0 Å². The molecule has 0 spiro atoms. The molecule has 166 valence electrons. The summed E-state index contributed by atoms with van der Waals surface area (Å²) in [5.41, 5.74) is 2.99. The van der Waals surface area contributed by atoms with E-state index in [1.165, 1.54) is 4.31 Å². The van der Waals surface area contributed by atoms with Crippen LogP contribution in [0.1, 0.15) is 34.8 Å². The van der Waals surface area contributed by atoms with Crippen LogP contribution < -0.4 is 9.21 Å². The number of rotatable bonds is 3. The van der Waals surface area contributed by atoms with Crippen molar-refractivity contribution in [3.05, 3.63) is 52.2 Å². The Morgan fingerprint density at radius 2 is 1.84 bits per heavy atom. The lowest BCUT2D eigenvalue weighted by atomic mass is 10.1. The van der Waals surface area contributed by atoms with Gasteiger partial charge in [0, 0.05) is 43.4 Å². The van der Waals surface area contributed by atoms with Crippen molar-refractivity contribution >= 4 is 39.0 Å². The van der Waals surface area contributed by atoms with Gasteiger partial charge in [-0.3, -0.25) is 9.10 Å². The van der Waals surface area contributed by atoms with Gasteiger partial charge < -0.3 is 9.80 Å². The lowest BCUT2D eigenvalue weighted by Gasteiger charge is -2.36. The highest BCUT2D eigenvalue weighted by Crippen LogP contribution is 2.34. The lowest BCUT2D eigenvalue weighted by molar-refractivity contribution is 0.0747. The molecule has 1 aromatic heterocycles. The number of pyridine rings is 1. The van der Waals surface area contributed by atoms with Crippen LogP contribution in [0.4, 0.5) is 11.5 Å². The number of nitrogens with zero attached hydrogens (tertiary/aromatic N) is 4. The number of amides is 1. The van der Waals surface area contributed by atoms with Crippen molar-refractivity contribution in [2.45, 2.75) is 33.2 Å². The second-order valence-electron chi connectivity index (χ2n) is 8.34. The largest absolute Gasteiger partial charge is 0.353 e. The normalized spacial score (nSPS) is 20.9. The maximum Gasteiger partial charge on any atom is 0.256 e. The molecule has 1 aromatic carbocycles. The number of benzene rings is 1. The fourth-order valence-corrected chi connectivity index (χ4v) is 6.50. The van der Waals surface area contributed by atoms with Gasteiger partial charge in [-0.25, -0.2) is 13.4 Å². The van der Waals surface area contributed by atoms with Gasteiger partial charge in [-0.2, -0.15) is 0 Å². The Bertz CT molecular complexity index is 1110. The fraction of sp³-hybridized carbons (Fsp3) is 0.455. The summed E-state index contributed by atoms with van der Waals surface area (Å²) < 4.78 is 26.6. The molecule has 2 aliphatic heterocycles. The van der Waals surface area contributed by atoms with Gasteiger partial charge in [0.1, 0.15) is 5.82 Å². The van der Waals surface area contributed by atoms with Crippen LogP contribution in [0.15, 0.2) is 30.5 Å². The number of anilines is 2. The monoisotopic (exact) mass is 462 g/mol. The molecule has 2 fully saturated rings. The van der Waals surface area contributed by atoms with Gasteiger partial charge in [-0.1, -0.05) is 17.7 Å². The maximum atomic E-state index is 13.4. The quantitative estimate of drug-likeness (QED) is 0.700. The first kappa shape index (κ1) is 21.9. The number of carbonyl (C=O) groups excluding carboxylic acids is 1. The Kier molecular flexibility index (Phi) is 5.87. The molecule has 0 bridgehead atoms. The molecule has 4 rings (SSSR count). The Labute approximate surface area is 188 Å². The average molecular weight is 463 g/mol. The van der Waals surface area contributed by atoms with Crippen molar-refractivity contribution in [3.63, 3.8) is 0 Å². The van der Waals surface area contributed by atoms with Crippen molar-refractivity contribution < 1.29 is 13.2 Å². The zero-order chi connectivity index (χ0) is 22.3.